The Morgan fingerprint density at radius 3 is 3.20 bits per heavy atom. The van der Waals surface area contributed by atoms with Crippen molar-refractivity contribution in [3.63, 3.8) is 0 Å². The van der Waals surface area contributed by atoms with Crippen molar-refractivity contribution in [2.75, 3.05) is 0 Å². The fraction of sp³-hybridized carbons (Fsp3) is 0. The molecule has 0 unspecified atom stereocenters. The van der Waals surface area contributed by atoms with Crippen LogP contribution in [0.3, 0.4) is 0 Å². The molecule has 3 heteroatoms. The predicted octanol–water partition coefficient (Wildman–Crippen LogP) is 0.354. The number of furan rings is 1. The predicted molar refractivity (Wildman–Crippen MR) is 40.8 cm³/mol. The molecule has 2 heterocycles. The molecule has 0 atom stereocenters. The van der Waals surface area contributed by atoms with E-state index in [4.69, 9.17) is 4.42 Å². The molecule has 48 valence electrons. The summed E-state index contributed by atoms with van der Waals surface area (Å²) in [5.74, 6) is 0. The van der Waals surface area contributed by atoms with E-state index in [0.29, 0.717) is 0 Å². The van der Waals surface area contributed by atoms with Gasteiger partial charge in [0.1, 0.15) is 0 Å². The second kappa shape index (κ2) is 2.27. The monoisotopic (exact) mass is 239 g/mol. The van der Waals surface area contributed by atoms with Crippen LogP contribution in [0, 0.1) is 0 Å². The number of nitrogens with zero attached hydrogens (tertiary/aromatic N) is 1. The normalized spacial score (nSPS) is 10.5. The van der Waals surface area contributed by atoms with Crippen LogP contribution in [0.2, 0.25) is 0 Å². The summed E-state index contributed by atoms with van der Waals surface area (Å²) in [6.45, 7) is 0. The van der Waals surface area contributed by atoms with Crippen LogP contribution in [0.4, 0.5) is 0 Å². The molecule has 0 saturated heterocycles. The summed E-state index contributed by atoms with van der Waals surface area (Å²) < 4.78 is 6.43. The molecule has 2 aromatic heterocycles. The Kier molecular flexibility index (Phi) is 1.41. The van der Waals surface area contributed by atoms with E-state index >= 15 is 0 Å². The Hall–Kier alpha value is -0.511. The molecule has 0 aliphatic carbocycles. The summed E-state index contributed by atoms with van der Waals surface area (Å²) in [4.78, 5) is 3.95. The van der Waals surface area contributed by atoms with E-state index in [1.165, 1.54) is 0 Å². The van der Waals surface area contributed by atoms with Gasteiger partial charge in [-0.05, 0) is 0 Å². The molecular formula is C7H5NOSn. The van der Waals surface area contributed by atoms with E-state index < -0.39 is 0 Å². The fourth-order valence-corrected chi connectivity index (χ4v) is 1.78. The maximum absolute atomic E-state index is 5.36. The van der Waals surface area contributed by atoms with Gasteiger partial charge in [-0.2, -0.15) is 0 Å². The van der Waals surface area contributed by atoms with Crippen LogP contribution in [-0.4, -0.2) is 27.5 Å². The molecule has 2 rings (SSSR count). The molecule has 0 fully saturated rings. The number of hydrogen-bond acceptors (Lipinski definition) is 2. The van der Waals surface area contributed by atoms with Crippen molar-refractivity contribution in [2.24, 2.45) is 0 Å². The fourth-order valence-electron chi connectivity index (χ4n) is 0.905. The number of aromatic nitrogens is 1. The molecule has 0 saturated carbocycles. The van der Waals surface area contributed by atoms with Crippen LogP contribution in [0.15, 0.2) is 28.9 Å². The first-order valence-corrected chi connectivity index (χ1v) is 4.60. The minimum absolute atomic E-state index is 0.894. The molecule has 2 aromatic rings. The van der Waals surface area contributed by atoms with Gasteiger partial charge in [0.15, 0.2) is 0 Å². The third kappa shape index (κ3) is 0.922. The first-order valence-electron chi connectivity index (χ1n) is 2.95. The Morgan fingerprint density at radius 1 is 1.50 bits per heavy atom. The van der Waals surface area contributed by atoms with Gasteiger partial charge in [-0.1, -0.05) is 0 Å². The molecular weight excluding hydrogens is 233 g/mol. The zero-order valence-corrected chi connectivity index (χ0v) is 8.54. The second-order valence-electron chi connectivity index (χ2n) is 2.06. The van der Waals surface area contributed by atoms with Crippen LogP contribution in [0.25, 0.3) is 11.0 Å². The van der Waals surface area contributed by atoms with Crippen molar-refractivity contribution in [2.45, 2.75) is 0 Å². The maximum atomic E-state index is 5.36. The number of hydrogen-bond donors (Lipinski definition) is 0. The Bertz CT molecular complexity index is 322. The summed E-state index contributed by atoms with van der Waals surface area (Å²) in [5.41, 5.74) is 0.894. The molecule has 2 radical (unpaired) electrons. The standard InChI is InChI=1S/C7H4NO.Sn.H/c1-3-8-5-7-6(1)2-4-9-7;;/h1-3,5H;;. The van der Waals surface area contributed by atoms with Gasteiger partial charge in [0.05, 0.1) is 0 Å². The van der Waals surface area contributed by atoms with E-state index in [1.807, 2.05) is 6.07 Å². The number of pyridine rings is 1. The first kappa shape index (κ1) is 6.22. The summed E-state index contributed by atoms with van der Waals surface area (Å²) in [6.07, 6.45) is 3.52. The summed E-state index contributed by atoms with van der Waals surface area (Å²) in [7, 11) is 0. The molecule has 0 spiro atoms. The quantitative estimate of drug-likeness (QED) is 0.619. The van der Waals surface area contributed by atoms with Crippen molar-refractivity contribution in [1.82, 2.24) is 4.98 Å². The SMILES string of the molecule is [SnH][c]1cc2ccncc2o1. The van der Waals surface area contributed by atoms with Gasteiger partial charge in [-0.3, -0.25) is 0 Å². The first-order chi connectivity index (χ1) is 4.86. The Morgan fingerprint density at radius 2 is 2.40 bits per heavy atom. The van der Waals surface area contributed by atoms with Gasteiger partial charge >= 0.3 is 71.2 Å². The van der Waals surface area contributed by atoms with E-state index in [1.54, 1.807) is 12.4 Å². The van der Waals surface area contributed by atoms with Crippen LogP contribution < -0.4 is 3.78 Å². The molecule has 10 heavy (non-hydrogen) atoms. The van der Waals surface area contributed by atoms with Crippen LogP contribution in [0.1, 0.15) is 0 Å². The third-order valence-electron chi connectivity index (χ3n) is 1.34. The average molecular weight is 238 g/mol. The van der Waals surface area contributed by atoms with E-state index in [2.05, 4.69) is 11.1 Å². The molecule has 0 aromatic carbocycles. The molecule has 0 aliphatic heterocycles. The van der Waals surface area contributed by atoms with Crippen LogP contribution >= 0.6 is 0 Å². The van der Waals surface area contributed by atoms with Crippen molar-refractivity contribution >= 4 is 37.3 Å². The van der Waals surface area contributed by atoms with Gasteiger partial charge in [0.25, 0.3) is 0 Å². The number of rotatable bonds is 0. The van der Waals surface area contributed by atoms with Crippen LogP contribution in [-0.2, 0) is 0 Å². The molecule has 2 nitrogen and oxygen atoms in total. The van der Waals surface area contributed by atoms with Gasteiger partial charge in [0.2, 0.25) is 0 Å². The van der Waals surface area contributed by atoms with Gasteiger partial charge in [-0.15, -0.1) is 0 Å². The van der Waals surface area contributed by atoms with Crippen molar-refractivity contribution in [3.8, 4) is 0 Å². The number of fused-ring (bicyclic) bond motifs is 1. The zero-order chi connectivity index (χ0) is 6.97. The van der Waals surface area contributed by atoms with Crippen molar-refractivity contribution in [3.05, 3.63) is 24.5 Å². The summed E-state index contributed by atoms with van der Waals surface area (Å²) in [5, 5.41) is 1.15. The molecule has 0 aliphatic rings. The minimum atomic E-state index is 0.894. The van der Waals surface area contributed by atoms with Gasteiger partial charge in [0, 0.05) is 0 Å². The van der Waals surface area contributed by atoms with E-state index in [-0.39, 0.29) is 0 Å². The van der Waals surface area contributed by atoms with Gasteiger partial charge < -0.3 is 0 Å². The Labute approximate surface area is 71.3 Å². The van der Waals surface area contributed by atoms with E-state index in [0.717, 1.165) is 37.3 Å². The third-order valence-corrected chi connectivity index (χ3v) is 2.15. The Balaban J connectivity index is 2.88. The van der Waals surface area contributed by atoms with Crippen molar-refractivity contribution < 1.29 is 4.42 Å². The summed E-state index contributed by atoms with van der Waals surface area (Å²) in [6, 6.07) is 4.01. The molecule has 0 N–H and O–H groups in total. The van der Waals surface area contributed by atoms with Crippen LogP contribution in [0.5, 0.6) is 0 Å². The van der Waals surface area contributed by atoms with Gasteiger partial charge in [-0.25, -0.2) is 0 Å². The average Bonchev–Trinajstić information content (AvgIpc) is 2.27. The summed E-state index contributed by atoms with van der Waals surface area (Å²) >= 11 is 1.03. The zero-order valence-electron chi connectivity index (χ0n) is 5.24. The molecule has 0 bridgehead atoms. The topological polar surface area (TPSA) is 26.0 Å². The van der Waals surface area contributed by atoms with Crippen molar-refractivity contribution in [1.29, 1.82) is 0 Å². The second-order valence-corrected chi connectivity index (χ2v) is 3.69. The molecule has 0 amide bonds. The van der Waals surface area contributed by atoms with E-state index in [9.17, 15) is 0 Å².